The van der Waals surface area contributed by atoms with Crippen molar-refractivity contribution in [3.05, 3.63) is 69.8 Å². The molecule has 8 nitrogen and oxygen atoms in total. The number of carbonyl (C=O) groups is 1. The van der Waals surface area contributed by atoms with Crippen molar-refractivity contribution in [1.29, 1.82) is 0 Å². The van der Waals surface area contributed by atoms with Gasteiger partial charge in [0.05, 0.1) is 23.7 Å². The predicted octanol–water partition coefficient (Wildman–Crippen LogP) is 7.26. The Bertz CT molecular complexity index is 1580. The van der Waals surface area contributed by atoms with Crippen molar-refractivity contribution in [2.45, 2.75) is 76.7 Å². The molecule has 0 bridgehead atoms. The molecule has 3 heterocycles. The van der Waals surface area contributed by atoms with E-state index in [9.17, 15) is 44.3 Å². The molecule has 2 aliphatic rings. The van der Waals surface area contributed by atoms with Crippen LogP contribution in [-0.4, -0.2) is 62.1 Å². The van der Waals surface area contributed by atoms with Crippen LogP contribution < -0.4 is 4.90 Å². The third-order valence-electron chi connectivity index (χ3n) is 9.12. The highest BCUT2D eigenvalue weighted by Gasteiger charge is 2.38. The number of hydrogen-bond donors (Lipinski definition) is 0. The molecule has 0 spiro atoms. The molecule has 2 fully saturated rings. The SMILES string of the molecule is CCC(c1ccc(C(F)(F)F)cc1CN(Cc1cc(C(F)(F)F)cc(C(F)(F)F)c1)c1nnn(C)n1)N1CCC(CN2CCCC2=O)CC1. The summed E-state index contributed by atoms with van der Waals surface area (Å²) in [6.07, 6.45) is -11.4. The van der Waals surface area contributed by atoms with E-state index in [2.05, 4.69) is 20.3 Å². The van der Waals surface area contributed by atoms with E-state index in [4.69, 9.17) is 0 Å². The molecule has 1 atom stereocenters. The Morgan fingerprint density at radius 2 is 1.49 bits per heavy atom. The molecule has 0 saturated carbocycles. The maximum atomic E-state index is 14.0. The largest absolute Gasteiger partial charge is 0.416 e. The number of piperidine rings is 1. The second kappa shape index (κ2) is 14.2. The van der Waals surface area contributed by atoms with E-state index in [1.165, 1.54) is 18.0 Å². The number of benzene rings is 2. The van der Waals surface area contributed by atoms with Crippen LogP contribution >= 0.6 is 0 Å². The molecule has 2 aliphatic heterocycles. The lowest BCUT2D eigenvalue weighted by Crippen LogP contribution is -2.41. The summed E-state index contributed by atoms with van der Waals surface area (Å²) in [6, 6.07) is 4.13. The Hall–Kier alpha value is -3.89. The number of aryl methyl sites for hydroxylation is 1. The summed E-state index contributed by atoms with van der Waals surface area (Å²) in [5.74, 6) is 0.238. The minimum absolute atomic E-state index is 0.0113. The first kappa shape index (κ1) is 36.4. The first-order chi connectivity index (χ1) is 22.9. The number of carbonyl (C=O) groups excluding carboxylic acids is 1. The lowest BCUT2D eigenvalue weighted by atomic mass is 9.90. The summed E-state index contributed by atoms with van der Waals surface area (Å²) in [5, 5.41) is 11.7. The smallest absolute Gasteiger partial charge is 0.342 e. The summed E-state index contributed by atoms with van der Waals surface area (Å²) in [4.78, 5) is 18.4. The summed E-state index contributed by atoms with van der Waals surface area (Å²) in [5.41, 5.74) is -3.69. The molecule has 5 rings (SSSR count). The number of amides is 1. The molecule has 0 N–H and O–H groups in total. The van der Waals surface area contributed by atoms with Crippen LogP contribution in [0.1, 0.15) is 78.5 Å². The van der Waals surface area contributed by atoms with E-state index in [0.717, 1.165) is 42.7 Å². The molecule has 268 valence electrons. The molecule has 1 aromatic heterocycles. The number of aromatic nitrogens is 4. The molecular weight excluding hydrogens is 669 g/mol. The number of rotatable bonds is 10. The Balaban J connectivity index is 1.48. The van der Waals surface area contributed by atoms with E-state index >= 15 is 0 Å². The molecule has 2 aromatic carbocycles. The fourth-order valence-corrected chi connectivity index (χ4v) is 6.71. The Morgan fingerprint density at radius 1 is 0.857 bits per heavy atom. The fourth-order valence-electron chi connectivity index (χ4n) is 6.71. The van der Waals surface area contributed by atoms with Crippen molar-refractivity contribution in [2.75, 3.05) is 31.1 Å². The van der Waals surface area contributed by atoms with Crippen LogP contribution in [0.15, 0.2) is 36.4 Å². The van der Waals surface area contributed by atoms with Gasteiger partial charge < -0.3 is 9.80 Å². The average Bonchev–Trinajstić information content (AvgIpc) is 3.64. The molecule has 3 aromatic rings. The van der Waals surface area contributed by atoms with Crippen molar-refractivity contribution in [1.82, 2.24) is 30.0 Å². The fraction of sp³-hybridized carbons (Fsp3) is 0.562. The lowest BCUT2D eigenvalue weighted by molar-refractivity contribution is -0.143. The van der Waals surface area contributed by atoms with Crippen molar-refractivity contribution >= 4 is 11.9 Å². The van der Waals surface area contributed by atoms with Gasteiger partial charge in [0.25, 0.3) is 5.95 Å². The van der Waals surface area contributed by atoms with Gasteiger partial charge in [-0.15, -0.1) is 5.10 Å². The average molecular weight is 706 g/mol. The van der Waals surface area contributed by atoms with Crippen LogP contribution in [0.3, 0.4) is 0 Å². The minimum Gasteiger partial charge on any atom is -0.342 e. The van der Waals surface area contributed by atoms with Gasteiger partial charge in [-0.3, -0.25) is 9.69 Å². The Labute approximate surface area is 276 Å². The van der Waals surface area contributed by atoms with Gasteiger partial charge in [-0.2, -0.15) is 44.3 Å². The Morgan fingerprint density at radius 3 is 2.00 bits per heavy atom. The molecule has 17 heteroatoms. The zero-order chi connectivity index (χ0) is 35.7. The number of alkyl halides is 9. The van der Waals surface area contributed by atoms with Gasteiger partial charge in [0, 0.05) is 38.6 Å². The van der Waals surface area contributed by atoms with E-state index in [1.807, 2.05) is 11.8 Å². The maximum absolute atomic E-state index is 14.0. The number of tetrazole rings is 1. The van der Waals surface area contributed by atoms with E-state index < -0.39 is 47.3 Å². The molecule has 0 aliphatic carbocycles. The van der Waals surface area contributed by atoms with Crippen molar-refractivity contribution in [3.8, 4) is 0 Å². The van der Waals surface area contributed by atoms with Gasteiger partial charge >= 0.3 is 18.5 Å². The standard InChI is InChI=1S/C32H36F9N7O/c1-3-27(46-11-8-20(9-12-46)17-47-10-4-5-28(47)49)26-7-6-23(30(33,34)35)15-22(26)19-48(29-42-44-45(2)43-29)18-21-13-24(31(36,37)38)16-25(14-21)32(39,40)41/h6-7,13-16,20,27H,3-5,8-12,17-19H2,1-2H3. The quantitative estimate of drug-likeness (QED) is 0.207. The van der Waals surface area contributed by atoms with Crippen molar-refractivity contribution in [2.24, 2.45) is 13.0 Å². The summed E-state index contributed by atoms with van der Waals surface area (Å²) in [6.45, 7) is 3.60. The van der Waals surface area contributed by atoms with Crippen LogP contribution in [0.4, 0.5) is 45.5 Å². The monoisotopic (exact) mass is 705 g/mol. The molecule has 0 radical (unpaired) electrons. The summed E-state index contributed by atoms with van der Waals surface area (Å²) < 4.78 is 124. The van der Waals surface area contributed by atoms with Crippen LogP contribution in [0.2, 0.25) is 0 Å². The first-order valence-electron chi connectivity index (χ1n) is 15.9. The minimum atomic E-state index is -5.09. The van der Waals surface area contributed by atoms with E-state index in [1.54, 1.807) is 0 Å². The van der Waals surface area contributed by atoms with Crippen LogP contribution in [0.5, 0.6) is 0 Å². The maximum Gasteiger partial charge on any atom is 0.416 e. The van der Waals surface area contributed by atoms with Crippen LogP contribution in [-0.2, 0) is 43.5 Å². The third kappa shape index (κ3) is 8.83. The number of likely N-dealkylation sites (tertiary alicyclic amines) is 2. The third-order valence-corrected chi connectivity index (χ3v) is 9.12. The highest BCUT2D eigenvalue weighted by atomic mass is 19.4. The summed E-state index contributed by atoms with van der Waals surface area (Å²) >= 11 is 0. The number of halogens is 9. The normalized spacial score (nSPS) is 17.6. The van der Waals surface area contributed by atoms with Gasteiger partial charge in [0.15, 0.2) is 0 Å². The zero-order valence-electron chi connectivity index (χ0n) is 26.8. The molecule has 49 heavy (non-hydrogen) atoms. The molecular formula is C32H36F9N7O. The topological polar surface area (TPSA) is 70.4 Å². The van der Waals surface area contributed by atoms with Crippen molar-refractivity contribution in [3.63, 3.8) is 0 Å². The summed E-state index contributed by atoms with van der Waals surface area (Å²) in [7, 11) is 1.40. The van der Waals surface area contributed by atoms with Crippen LogP contribution in [0, 0.1) is 5.92 Å². The van der Waals surface area contributed by atoms with Crippen LogP contribution in [0.25, 0.3) is 0 Å². The molecule has 1 amide bonds. The zero-order valence-corrected chi connectivity index (χ0v) is 26.8. The highest BCUT2D eigenvalue weighted by Crippen LogP contribution is 2.39. The van der Waals surface area contributed by atoms with Gasteiger partial charge in [0.2, 0.25) is 5.91 Å². The number of hydrogen-bond acceptors (Lipinski definition) is 6. The molecule has 1 unspecified atom stereocenters. The van der Waals surface area contributed by atoms with E-state index in [0.29, 0.717) is 50.2 Å². The lowest BCUT2D eigenvalue weighted by Gasteiger charge is -2.39. The molecule has 2 saturated heterocycles. The van der Waals surface area contributed by atoms with E-state index in [-0.39, 0.29) is 42.0 Å². The van der Waals surface area contributed by atoms with Gasteiger partial charge in [-0.1, -0.05) is 18.1 Å². The number of anilines is 1. The first-order valence-corrected chi connectivity index (χ1v) is 15.9. The van der Waals surface area contributed by atoms with Gasteiger partial charge in [0.1, 0.15) is 0 Å². The highest BCUT2D eigenvalue weighted by molar-refractivity contribution is 5.78. The van der Waals surface area contributed by atoms with Gasteiger partial charge in [-0.25, -0.2) is 0 Å². The van der Waals surface area contributed by atoms with Gasteiger partial charge in [-0.05, 0) is 96.9 Å². The Kier molecular flexibility index (Phi) is 10.5. The second-order valence-corrected chi connectivity index (χ2v) is 12.6. The second-order valence-electron chi connectivity index (χ2n) is 12.6. The predicted molar refractivity (Wildman–Crippen MR) is 160 cm³/mol. The van der Waals surface area contributed by atoms with Crippen molar-refractivity contribution < 1.29 is 44.3 Å². The number of nitrogens with zero attached hydrogens (tertiary/aromatic N) is 7.